The summed E-state index contributed by atoms with van der Waals surface area (Å²) in [6, 6.07) is 12.1. The van der Waals surface area contributed by atoms with Crippen LogP contribution in [0.2, 0.25) is 10.5 Å². The van der Waals surface area contributed by atoms with Crippen LogP contribution >= 0.6 is 12.6 Å². The van der Waals surface area contributed by atoms with Gasteiger partial charge >= 0.3 is 0 Å². The topological polar surface area (TPSA) is 79.1 Å². The van der Waals surface area contributed by atoms with Crippen LogP contribution in [0.1, 0.15) is 19.4 Å². The summed E-state index contributed by atoms with van der Waals surface area (Å²) < 4.78 is 1.34. The molecule has 38 heavy (non-hydrogen) atoms. The van der Waals surface area contributed by atoms with Crippen molar-refractivity contribution < 1.29 is 5.11 Å². The number of aromatic nitrogens is 4. The normalized spacial score (nSPS) is 26.5. The maximum absolute atomic E-state index is 11.8. The average molecular weight is 520 g/mol. The van der Waals surface area contributed by atoms with Gasteiger partial charge in [-0.2, -0.15) is 12.6 Å². The molecule has 2 N–H and O–H groups in total. The lowest BCUT2D eigenvalue weighted by atomic mass is 9.32. The minimum atomic E-state index is -1.18. The van der Waals surface area contributed by atoms with E-state index in [0.717, 1.165) is 27.6 Å². The summed E-state index contributed by atoms with van der Waals surface area (Å²) in [4.78, 5) is 15.4. The molecule has 1 fully saturated rings. The molecule has 3 unspecified atom stereocenters. The largest absolute Gasteiger partial charge is 0.371 e. The van der Waals surface area contributed by atoms with E-state index < -0.39 is 15.8 Å². The van der Waals surface area contributed by atoms with Gasteiger partial charge in [-0.1, -0.05) is 30.8 Å². The predicted octanol–water partition coefficient (Wildman–Crippen LogP) is 1.05. The maximum Gasteiger partial charge on any atom is 0.147 e. The first-order chi connectivity index (χ1) is 17.7. The molecule has 0 saturated carbocycles. The quantitative estimate of drug-likeness (QED) is 0.270. The number of nitrogens with one attached hydrogen (secondary N) is 1. The molecule has 3 atom stereocenters. The highest BCUT2D eigenvalue weighted by atomic mass is 32.1. The molecule has 0 bridgehead atoms. The van der Waals surface area contributed by atoms with Gasteiger partial charge in [0.1, 0.15) is 48.7 Å². The van der Waals surface area contributed by atoms with Crippen LogP contribution in [0.5, 0.6) is 0 Å². The van der Waals surface area contributed by atoms with Gasteiger partial charge < -0.3 is 19.9 Å². The number of hydrogen-bond acceptors (Lipinski definition) is 7. The Morgan fingerprint density at radius 2 is 1.76 bits per heavy atom. The Hall–Kier alpha value is -3.10. The fourth-order valence-electron chi connectivity index (χ4n) is 5.57. The molecule has 1 aromatic carbocycles. The van der Waals surface area contributed by atoms with Gasteiger partial charge in [-0.3, -0.25) is 0 Å². The van der Waals surface area contributed by atoms with Crippen molar-refractivity contribution >= 4 is 72.1 Å². The zero-order valence-corrected chi connectivity index (χ0v) is 24.0. The highest BCUT2D eigenvalue weighted by molar-refractivity contribution is 7.83. The number of hydrogen-bond donors (Lipinski definition) is 3. The van der Waals surface area contributed by atoms with Crippen LogP contribution in [0.25, 0.3) is 27.7 Å². The minimum Gasteiger partial charge on any atom is -0.371 e. The standard InChI is InChI=1S/C26H32B4N6OS/c1-15(34-21-10-19-9-17(5-6-18(19)12-33-21)20-13-31-14-35(20)4)16-7-8-32-22(11-16)36-24(3,37)23(2,27)25(28,29)26(36,30)38/h5-14,37-38H,1,27-30H2,2-4H3,(H,33,34). The number of benzene rings is 1. The van der Waals surface area contributed by atoms with Crippen LogP contribution in [-0.4, -0.2) is 66.5 Å². The highest BCUT2D eigenvalue weighted by Gasteiger charge is 2.68. The van der Waals surface area contributed by atoms with E-state index in [2.05, 4.69) is 75.5 Å². The summed E-state index contributed by atoms with van der Waals surface area (Å²) in [7, 11) is 10.4. The predicted molar refractivity (Wildman–Crippen MR) is 171 cm³/mol. The van der Waals surface area contributed by atoms with Gasteiger partial charge in [0.2, 0.25) is 0 Å². The molecular weight excluding hydrogens is 488 g/mol. The van der Waals surface area contributed by atoms with Crippen molar-refractivity contribution in [3.05, 3.63) is 73.5 Å². The first-order valence-electron chi connectivity index (χ1n) is 12.7. The summed E-state index contributed by atoms with van der Waals surface area (Å²) in [6.07, 6.45) is 7.25. The van der Waals surface area contributed by atoms with Crippen molar-refractivity contribution in [2.45, 2.75) is 34.9 Å². The lowest BCUT2D eigenvalue weighted by Gasteiger charge is -2.44. The first-order valence-corrected chi connectivity index (χ1v) is 13.2. The highest BCUT2D eigenvalue weighted by Crippen LogP contribution is 2.68. The number of rotatable bonds is 5. The summed E-state index contributed by atoms with van der Waals surface area (Å²) >= 11 is 5.07. The minimum absolute atomic E-state index is 0.330. The number of thiol groups is 1. The summed E-state index contributed by atoms with van der Waals surface area (Å²) in [5, 5.41) is 16.4. The lowest BCUT2D eigenvalue weighted by molar-refractivity contribution is 0.0365. The summed E-state index contributed by atoms with van der Waals surface area (Å²) in [5.41, 5.74) is 2.49. The molecule has 4 aromatic rings. The number of pyridine rings is 2. The van der Waals surface area contributed by atoms with Gasteiger partial charge in [-0.15, -0.1) is 0 Å². The zero-order chi connectivity index (χ0) is 27.7. The molecule has 7 nitrogen and oxygen atoms in total. The van der Waals surface area contributed by atoms with E-state index in [9.17, 15) is 5.11 Å². The van der Waals surface area contributed by atoms with E-state index in [0.29, 0.717) is 17.3 Å². The number of imidazole rings is 1. The van der Waals surface area contributed by atoms with Gasteiger partial charge in [-0.05, 0) is 41.9 Å². The third-order valence-electron chi connectivity index (χ3n) is 9.24. The van der Waals surface area contributed by atoms with E-state index in [1.54, 1.807) is 12.5 Å². The molecule has 0 radical (unpaired) electrons. The Balaban J connectivity index is 1.45. The molecule has 1 saturated heterocycles. The molecule has 5 rings (SSSR count). The molecule has 4 heterocycles. The molecule has 1 aliphatic heterocycles. The second-order valence-corrected chi connectivity index (χ2v) is 12.5. The Kier molecular flexibility index (Phi) is 6.08. The molecular formula is C26H32B4N6OS. The maximum atomic E-state index is 11.8. The number of aryl methyl sites for hydroxylation is 1. The van der Waals surface area contributed by atoms with E-state index in [1.165, 1.54) is 0 Å². The first kappa shape index (κ1) is 26.5. The molecule has 0 amide bonds. The van der Waals surface area contributed by atoms with Gasteiger partial charge in [0.15, 0.2) is 0 Å². The van der Waals surface area contributed by atoms with Crippen molar-refractivity contribution in [3.63, 3.8) is 0 Å². The van der Waals surface area contributed by atoms with Crippen molar-refractivity contribution in [1.82, 2.24) is 19.5 Å². The van der Waals surface area contributed by atoms with Crippen molar-refractivity contribution in [1.29, 1.82) is 0 Å². The average Bonchev–Trinajstić information content (AvgIpc) is 3.31. The fraction of sp³-hybridized carbons (Fsp3) is 0.269. The second kappa shape index (κ2) is 8.71. The Labute approximate surface area is 233 Å². The van der Waals surface area contributed by atoms with Crippen molar-refractivity contribution in [2.24, 2.45) is 7.05 Å². The van der Waals surface area contributed by atoms with Crippen molar-refractivity contribution in [3.8, 4) is 11.3 Å². The van der Waals surface area contributed by atoms with Gasteiger partial charge in [-0.25, -0.2) is 15.0 Å². The lowest BCUT2D eigenvalue weighted by Crippen LogP contribution is -2.54. The Morgan fingerprint density at radius 3 is 2.39 bits per heavy atom. The van der Waals surface area contributed by atoms with Gasteiger partial charge in [0.25, 0.3) is 0 Å². The number of aliphatic hydroxyl groups is 1. The number of nitrogens with zero attached hydrogens (tertiary/aromatic N) is 5. The van der Waals surface area contributed by atoms with Gasteiger partial charge in [0, 0.05) is 46.4 Å². The molecule has 0 aliphatic carbocycles. The van der Waals surface area contributed by atoms with Crippen LogP contribution in [0, 0.1) is 0 Å². The molecule has 3 aromatic heterocycles. The Morgan fingerprint density at radius 1 is 1.03 bits per heavy atom. The molecule has 0 spiro atoms. The third-order valence-corrected chi connectivity index (χ3v) is 10.00. The van der Waals surface area contributed by atoms with Crippen molar-refractivity contribution in [2.75, 3.05) is 10.2 Å². The number of fused-ring (bicyclic) bond motifs is 1. The number of anilines is 2. The fourth-order valence-corrected chi connectivity index (χ4v) is 6.15. The zero-order valence-electron chi connectivity index (χ0n) is 23.1. The van der Waals surface area contributed by atoms with Crippen LogP contribution in [0.3, 0.4) is 0 Å². The van der Waals surface area contributed by atoms with Crippen LogP contribution in [0.4, 0.5) is 11.6 Å². The van der Waals surface area contributed by atoms with E-state index in [-0.39, 0.29) is 5.21 Å². The second-order valence-electron chi connectivity index (χ2n) is 11.7. The van der Waals surface area contributed by atoms with Crippen LogP contribution < -0.4 is 10.2 Å². The van der Waals surface area contributed by atoms with E-state index in [4.69, 9.17) is 12.6 Å². The van der Waals surface area contributed by atoms with Crippen LogP contribution in [-0.2, 0) is 7.05 Å². The summed E-state index contributed by atoms with van der Waals surface area (Å²) in [5.74, 6) is 1.33. The molecule has 1 aliphatic rings. The SMILES string of the molecule is BC1(S)N(c2cc(C(=C)Nc3cc4cc(-c5cncn5C)ccc4cn3)ccn2)C(C)(O)C(B)(C)C1(B)B. The monoisotopic (exact) mass is 520 g/mol. The van der Waals surface area contributed by atoms with E-state index >= 15 is 0 Å². The van der Waals surface area contributed by atoms with E-state index in [1.807, 2.05) is 61.9 Å². The molecule has 12 heteroatoms. The smallest absolute Gasteiger partial charge is 0.147 e. The Bertz CT molecular complexity index is 1540. The van der Waals surface area contributed by atoms with Gasteiger partial charge in [0.05, 0.1) is 18.2 Å². The third kappa shape index (κ3) is 3.80. The van der Waals surface area contributed by atoms with Crippen LogP contribution in [0.15, 0.2) is 67.9 Å². The molecule has 190 valence electrons. The summed E-state index contributed by atoms with van der Waals surface area (Å²) in [6.45, 7) is 8.20.